The van der Waals surface area contributed by atoms with Crippen molar-refractivity contribution in [3.05, 3.63) is 54.3 Å². The van der Waals surface area contributed by atoms with Crippen molar-refractivity contribution in [2.24, 2.45) is 0 Å². The van der Waals surface area contributed by atoms with E-state index in [1.165, 1.54) is 4.31 Å². The molecular weight excluding hydrogens is 428 g/mol. The van der Waals surface area contributed by atoms with E-state index in [-0.39, 0.29) is 10.8 Å². The van der Waals surface area contributed by atoms with E-state index in [0.717, 1.165) is 5.56 Å². The highest BCUT2D eigenvalue weighted by molar-refractivity contribution is 7.89. The Morgan fingerprint density at radius 1 is 1.06 bits per heavy atom. The number of anilines is 1. The number of rotatable bonds is 7. The van der Waals surface area contributed by atoms with E-state index in [2.05, 4.69) is 10.2 Å². The van der Waals surface area contributed by atoms with E-state index in [4.69, 9.17) is 9.15 Å². The van der Waals surface area contributed by atoms with E-state index in [0.29, 0.717) is 55.8 Å². The Hall–Kier alpha value is -2.91. The van der Waals surface area contributed by atoms with Crippen LogP contribution in [0.25, 0.3) is 11.5 Å². The number of hydrogen-bond acceptors (Lipinski definition) is 7. The third-order valence-corrected chi connectivity index (χ3v) is 7.46. The summed E-state index contributed by atoms with van der Waals surface area (Å²) in [6.45, 7) is 8.13. The molecule has 3 heterocycles. The molecule has 0 aliphatic carbocycles. The fraction of sp³-hybridized carbons (Fsp3) is 0.391. The maximum atomic E-state index is 13.5. The molecule has 1 aromatic carbocycles. The number of aromatic nitrogens is 2. The van der Waals surface area contributed by atoms with E-state index in [1.54, 1.807) is 24.5 Å². The molecule has 170 valence electrons. The molecule has 3 aromatic rings. The third kappa shape index (κ3) is 4.49. The number of hydrogen-bond donors (Lipinski definition) is 0. The molecule has 1 fully saturated rings. The van der Waals surface area contributed by atoms with Crippen LogP contribution in [0, 0.1) is 0 Å². The van der Waals surface area contributed by atoms with Gasteiger partial charge >= 0.3 is 0 Å². The second-order valence-corrected chi connectivity index (χ2v) is 9.85. The lowest BCUT2D eigenvalue weighted by Gasteiger charge is -2.34. The molecule has 0 spiro atoms. The number of sulfonamides is 1. The van der Waals surface area contributed by atoms with Gasteiger partial charge in [0.1, 0.15) is 16.3 Å². The monoisotopic (exact) mass is 456 g/mol. The summed E-state index contributed by atoms with van der Waals surface area (Å²) in [4.78, 5) is 2.28. The van der Waals surface area contributed by atoms with Crippen molar-refractivity contribution in [2.75, 3.05) is 37.7 Å². The lowest BCUT2D eigenvalue weighted by Crippen LogP contribution is -2.49. The molecule has 1 aliphatic heterocycles. The molecule has 0 unspecified atom stereocenters. The maximum Gasteiger partial charge on any atom is 0.246 e. The van der Waals surface area contributed by atoms with Crippen LogP contribution in [0.15, 0.2) is 58.0 Å². The van der Waals surface area contributed by atoms with Gasteiger partial charge in [-0.2, -0.15) is 4.31 Å². The Morgan fingerprint density at radius 2 is 1.84 bits per heavy atom. The van der Waals surface area contributed by atoms with Gasteiger partial charge in [0.15, 0.2) is 11.6 Å². The topological polar surface area (TPSA) is 88.8 Å². The smallest absolute Gasteiger partial charge is 0.246 e. The minimum absolute atomic E-state index is 0.221. The summed E-state index contributed by atoms with van der Waals surface area (Å²) in [5.41, 5.74) is 1.63. The third-order valence-electron chi connectivity index (χ3n) is 5.54. The lowest BCUT2D eigenvalue weighted by molar-refractivity contribution is 0.327. The highest BCUT2D eigenvalue weighted by Crippen LogP contribution is 2.31. The molecule has 0 N–H and O–H groups in total. The first-order valence-electron chi connectivity index (χ1n) is 10.8. The van der Waals surface area contributed by atoms with Gasteiger partial charge in [-0.15, -0.1) is 10.2 Å². The van der Waals surface area contributed by atoms with Gasteiger partial charge in [-0.25, -0.2) is 8.42 Å². The molecule has 0 amide bonds. The van der Waals surface area contributed by atoms with Gasteiger partial charge in [-0.1, -0.05) is 19.9 Å². The van der Waals surface area contributed by atoms with Crippen LogP contribution < -0.4 is 9.64 Å². The van der Waals surface area contributed by atoms with Crippen molar-refractivity contribution in [3.63, 3.8) is 0 Å². The first-order chi connectivity index (χ1) is 15.4. The van der Waals surface area contributed by atoms with Gasteiger partial charge in [0.05, 0.1) is 12.9 Å². The van der Waals surface area contributed by atoms with Gasteiger partial charge in [0.2, 0.25) is 10.0 Å². The normalized spacial score (nSPS) is 15.3. The van der Waals surface area contributed by atoms with Crippen molar-refractivity contribution in [3.8, 4) is 17.2 Å². The van der Waals surface area contributed by atoms with Crippen molar-refractivity contribution >= 4 is 15.8 Å². The largest absolute Gasteiger partial charge is 0.492 e. The second kappa shape index (κ2) is 9.30. The predicted molar refractivity (Wildman–Crippen MR) is 122 cm³/mol. The molecule has 4 rings (SSSR count). The fourth-order valence-electron chi connectivity index (χ4n) is 3.71. The molecule has 0 atom stereocenters. The molecule has 2 aromatic heterocycles. The van der Waals surface area contributed by atoms with Gasteiger partial charge < -0.3 is 14.1 Å². The molecule has 1 aliphatic rings. The minimum Gasteiger partial charge on any atom is -0.492 e. The molecule has 0 bridgehead atoms. The standard InChI is InChI=1S/C23H28N4O4S/c1-4-30-21-9-7-18(17(2)3)16-22(21)32(28,29)27-13-11-26(12-14-27)23-10-8-19(24-25-23)20-6-5-15-31-20/h5-10,15-17H,4,11-14H2,1-3H3. The number of nitrogens with zero attached hydrogens (tertiary/aromatic N) is 4. The summed E-state index contributed by atoms with van der Waals surface area (Å²) in [5, 5.41) is 8.54. The predicted octanol–water partition coefficient (Wildman–Crippen LogP) is 3.77. The summed E-state index contributed by atoms with van der Waals surface area (Å²) in [6, 6.07) is 12.8. The average Bonchev–Trinajstić information content (AvgIpc) is 3.34. The zero-order chi connectivity index (χ0) is 22.7. The highest BCUT2D eigenvalue weighted by atomic mass is 32.2. The molecule has 32 heavy (non-hydrogen) atoms. The van der Waals surface area contributed by atoms with Crippen LogP contribution in [0.2, 0.25) is 0 Å². The molecule has 0 radical (unpaired) electrons. The number of furan rings is 1. The van der Waals surface area contributed by atoms with Gasteiger partial charge in [-0.05, 0) is 54.8 Å². The molecular formula is C23H28N4O4S. The number of benzene rings is 1. The van der Waals surface area contributed by atoms with Gasteiger partial charge in [0, 0.05) is 26.2 Å². The summed E-state index contributed by atoms with van der Waals surface area (Å²) in [7, 11) is -3.68. The van der Waals surface area contributed by atoms with E-state index in [9.17, 15) is 8.42 Å². The summed E-state index contributed by atoms with van der Waals surface area (Å²) in [5.74, 6) is 2.00. The fourth-order valence-corrected chi connectivity index (χ4v) is 5.29. The first-order valence-corrected chi connectivity index (χ1v) is 12.2. The van der Waals surface area contributed by atoms with Crippen LogP contribution >= 0.6 is 0 Å². The van der Waals surface area contributed by atoms with Gasteiger partial charge in [0.25, 0.3) is 0 Å². The maximum absolute atomic E-state index is 13.5. The van der Waals surface area contributed by atoms with Crippen molar-refractivity contribution in [2.45, 2.75) is 31.6 Å². The number of ether oxygens (including phenoxy) is 1. The summed E-state index contributed by atoms with van der Waals surface area (Å²) < 4.78 is 39.4. The summed E-state index contributed by atoms with van der Waals surface area (Å²) in [6.07, 6.45) is 1.60. The SMILES string of the molecule is CCOc1ccc(C(C)C)cc1S(=O)(=O)N1CCN(c2ccc(-c3ccco3)nn2)CC1. The van der Waals surface area contributed by atoms with Crippen molar-refractivity contribution in [1.29, 1.82) is 0 Å². The Labute approximate surface area is 188 Å². The van der Waals surface area contributed by atoms with E-state index >= 15 is 0 Å². The van der Waals surface area contributed by atoms with Crippen molar-refractivity contribution < 1.29 is 17.6 Å². The zero-order valence-electron chi connectivity index (χ0n) is 18.6. The second-order valence-electron chi connectivity index (χ2n) is 7.94. The van der Waals surface area contributed by atoms with E-state index < -0.39 is 10.0 Å². The van der Waals surface area contributed by atoms with Crippen LogP contribution in [-0.2, 0) is 10.0 Å². The zero-order valence-corrected chi connectivity index (χ0v) is 19.4. The Balaban J connectivity index is 1.49. The lowest BCUT2D eigenvalue weighted by atomic mass is 10.0. The quantitative estimate of drug-likeness (QED) is 0.535. The van der Waals surface area contributed by atoms with Crippen molar-refractivity contribution in [1.82, 2.24) is 14.5 Å². The minimum atomic E-state index is -3.68. The molecule has 0 saturated carbocycles. The first kappa shape index (κ1) is 22.3. The van der Waals surface area contributed by atoms with Crippen LogP contribution in [0.4, 0.5) is 5.82 Å². The molecule has 9 heteroatoms. The summed E-state index contributed by atoms with van der Waals surface area (Å²) >= 11 is 0. The van der Waals surface area contributed by atoms with Crippen LogP contribution in [0.3, 0.4) is 0 Å². The van der Waals surface area contributed by atoms with Crippen LogP contribution in [0.1, 0.15) is 32.3 Å². The number of piperazine rings is 1. The Morgan fingerprint density at radius 3 is 2.44 bits per heavy atom. The highest BCUT2D eigenvalue weighted by Gasteiger charge is 2.32. The molecule has 8 nitrogen and oxygen atoms in total. The average molecular weight is 457 g/mol. The van der Waals surface area contributed by atoms with Crippen LogP contribution in [-0.4, -0.2) is 55.7 Å². The molecule has 1 saturated heterocycles. The van der Waals surface area contributed by atoms with Gasteiger partial charge in [-0.3, -0.25) is 0 Å². The van der Waals surface area contributed by atoms with Crippen LogP contribution in [0.5, 0.6) is 5.75 Å². The Bertz CT molecular complexity index is 1140. The van der Waals surface area contributed by atoms with E-state index in [1.807, 2.05) is 49.9 Å². The Kier molecular flexibility index (Phi) is 6.48.